The molecule has 0 N–H and O–H groups in total. The summed E-state index contributed by atoms with van der Waals surface area (Å²) in [5.41, 5.74) is 0. The standard InChI is InChI=1S/C49H94O6/c1-7-44(5)36-30-24-17-15-13-11-9-10-12-14-16-18-28-34-40-49(52)55-46(41-53-47(50)38-32-26-21-19-23-29-35-43(3)4)42-54-48(51)39-33-27-22-20-25-31-37-45(6)8-2/h43-46H,7-42H2,1-6H3/t44?,45?,46-/m0/s1. The molecule has 0 aromatic heterocycles. The third kappa shape index (κ3) is 40.4. The predicted octanol–water partition coefficient (Wildman–Crippen LogP) is 15.2. The van der Waals surface area contributed by atoms with Crippen molar-refractivity contribution in [3.63, 3.8) is 0 Å². The van der Waals surface area contributed by atoms with E-state index >= 15 is 0 Å². The number of ether oxygens (including phenoxy) is 3. The van der Waals surface area contributed by atoms with Crippen LogP contribution >= 0.6 is 0 Å². The Morgan fingerprint density at radius 1 is 0.364 bits per heavy atom. The van der Waals surface area contributed by atoms with Crippen LogP contribution in [-0.4, -0.2) is 37.2 Å². The minimum absolute atomic E-state index is 0.0672. The summed E-state index contributed by atoms with van der Waals surface area (Å²) in [7, 11) is 0. The first-order chi connectivity index (χ1) is 26.7. The largest absolute Gasteiger partial charge is 0.462 e. The van der Waals surface area contributed by atoms with E-state index in [0.717, 1.165) is 75.5 Å². The maximum atomic E-state index is 12.7. The van der Waals surface area contributed by atoms with Gasteiger partial charge < -0.3 is 14.2 Å². The average molecular weight is 779 g/mol. The van der Waals surface area contributed by atoms with Crippen LogP contribution in [0.3, 0.4) is 0 Å². The van der Waals surface area contributed by atoms with Crippen molar-refractivity contribution in [2.45, 2.75) is 266 Å². The van der Waals surface area contributed by atoms with E-state index in [1.165, 1.54) is 141 Å². The molecule has 0 spiro atoms. The Morgan fingerprint density at radius 2 is 0.636 bits per heavy atom. The summed E-state index contributed by atoms with van der Waals surface area (Å²) in [5, 5.41) is 0. The van der Waals surface area contributed by atoms with Gasteiger partial charge in [0.1, 0.15) is 13.2 Å². The summed E-state index contributed by atoms with van der Waals surface area (Å²) in [4.78, 5) is 37.7. The summed E-state index contributed by atoms with van der Waals surface area (Å²) in [5.74, 6) is 1.61. The second-order valence-electron chi connectivity index (χ2n) is 17.7. The van der Waals surface area contributed by atoms with Gasteiger partial charge in [-0.2, -0.15) is 0 Å². The molecule has 2 unspecified atom stereocenters. The Bertz CT molecular complexity index is 856. The highest BCUT2D eigenvalue weighted by Crippen LogP contribution is 2.18. The molecule has 0 saturated carbocycles. The first kappa shape index (κ1) is 53.4. The molecule has 0 aliphatic heterocycles. The summed E-state index contributed by atoms with van der Waals surface area (Å²) in [6.45, 7) is 13.6. The lowest BCUT2D eigenvalue weighted by Gasteiger charge is -2.18. The second kappa shape index (κ2) is 40.6. The lowest BCUT2D eigenvalue weighted by molar-refractivity contribution is -0.167. The van der Waals surface area contributed by atoms with Gasteiger partial charge in [-0.05, 0) is 37.0 Å². The Morgan fingerprint density at radius 3 is 0.945 bits per heavy atom. The quantitative estimate of drug-likeness (QED) is 0.0349. The van der Waals surface area contributed by atoms with Crippen LogP contribution in [0.15, 0.2) is 0 Å². The van der Waals surface area contributed by atoms with Gasteiger partial charge in [0.2, 0.25) is 0 Å². The molecule has 0 amide bonds. The summed E-state index contributed by atoms with van der Waals surface area (Å²) in [6.07, 6.45) is 38.1. The normalized spacial score (nSPS) is 13.1. The molecular formula is C49H94O6. The monoisotopic (exact) mass is 779 g/mol. The van der Waals surface area contributed by atoms with Crippen molar-refractivity contribution in [3.8, 4) is 0 Å². The Hall–Kier alpha value is -1.59. The molecule has 326 valence electrons. The molecule has 0 rings (SSSR count). The van der Waals surface area contributed by atoms with Gasteiger partial charge in [-0.1, -0.05) is 221 Å². The number of unbranched alkanes of at least 4 members (excludes halogenated alkanes) is 23. The third-order valence-electron chi connectivity index (χ3n) is 11.6. The number of rotatable bonds is 42. The van der Waals surface area contributed by atoms with E-state index < -0.39 is 6.10 Å². The molecule has 0 saturated heterocycles. The van der Waals surface area contributed by atoms with Crippen molar-refractivity contribution >= 4 is 17.9 Å². The molecule has 0 radical (unpaired) electrons. The molecule has 0 bridgehead atoms. The van der Waals surface area contributed by atoms with Crippen molar-refractivity contribution in [1.82, 2.24) is 0 Å². The van der Waals surface area contributed by atoms with E-state index in [2.05, 4.69) is 41.5 Å². The van der Waals surface area contributed by atoms with Crippen molar-refractivity contribution in [2.24, 2.45) is 17.8 Å². The minimum Gasteiger partial charge on any atom is -0.462 e. The lowest BCUT2D eigenvalue weighted by Crippen LogP contribution is -2.30. The SMILES string of the molecule is CCC(C)CCCCCCCCCCCCCCCCC(=O)O[C@@H](COC(=O)CCCCCCCCC(C)C)COC(=O)CCCCCCCCC(C)CC. The van der Waals surface area contributed by atoms with Crippen molar-refractivity contribution in [1.29, 1.82) is 0 Å². The molecule has 0 aromatic carbocycles. The van der Waals surface area contributed by atoms with Crippen LogP contribution in [0, 0.1) is 17.8 Å². The van der Waals surface area contributed by atoms with Crippen LogP contribution in [0.25, 0.3) is 0 Å². The van der Waals surface area contributed by atoms with Gasteiger partial charge in [0, 0.05) is 19.3 Å². The number of carbonyl (C=O) groups is 3. The van der Waals surface area contributed by atoms with Crippen molar-refractivity contribution < 1.29 is 28.6 Å². The van der Waals surface area contributed by atoms with Crippen LogP contribution < -0.4 is 0 Å². The molecule has 0 aromatic rings. The molecule has 6 heteroatoms. The van der Waals surface area contributed by atoms with E-state index in [1.54, 1.807) is 0 Å². The smallest absolute Gasteiger partial charge is 0.306 e. The van der Waals surface area contributed by atoms with E-state index in [-0.39, 0.29) is 31.1 Å². The highest BCUT2D eigenvalue weighted by molar-refractivity contribution is 5.71. The Balaban J connectivity index is 4.27. The summed E-state index contributed by atoms with van der Waals surface area (Å²) in [6, 6.07) is 0. The van der Waals surface area contributed by atoms with Crippen LogP contribution in [0.5, 0.6) is 0 Å². The van der Waals surface area contributed by atoms with E-state index in [1.807, 2.05) is 0 Å². The third-order valence-corrected chi connectivity index (χ3v) is 11.6. The Kier molecular flexibility index (Phi) is 39.4. The molecule has 55 heavy (non-hydrogen) atoms. The van der Waals surface area contributed by atoms with Crippen molar-refractivity contribution in [2.75, 3.05) is 13.2 Å². The fourth-order valence-electron chi connectivity index (χ4n) is 7.17. The topological polar surface area (TPSA) is 78.9 Å². The minimum atomic E-state index is -0.763. The zero-order valence-electron chi connectivity index (χ0n) is 37.7. The van der Waals surface area contributed by atoms with Crippen LogP contribution in [-0.2, 0) is 28.6 Å². The molecule has 0 fully saturated rings. The fraction of sp³-hybridized carbons (Fsp3) is 0.939. The summed E-state index contributed by atoms with van der Waals surface area (Å²) >= 11 is 0. The highest BCUT2D eigenvalue weighted by Gasteiger charge is 2.19. The summed E-state index contributed by atoms with van der Waals surface area (Å²) < 4.78 is 16.7. The maximum absolute atomic E-state index is 12.7. The van der Waals surface area contributed by atoms with Crippen LogP contribution in [0.2, 0.25) is 0 Å². The van der Waals surface area contributed by atoms with E-state index in [9.17, 15) is 14.4 Å². The van der Waals surface area contributed by atoms with Crippen LogP contribution in [0.4, 0.5) is 0 Å². The zero-order chi connectivity index (χ0) is 40.6. The second-order valence-corrected chi connectivity index (χ2v) is 17.7. The van der Waals surface area contributed by atoms with Gasteiger partial charge in [0.25, 0.3) is 0 Å². The number of hydrogen-bond donors (Lipinski definition) is 0. The van der Waals surface area contributed by atoms with E-state index in [4.69, 9.17) is 14.2 Å². The first-order valence-corrected chi connectivity index (χ1v) is 24.2. The number of hydrogen-bond acceptors (Lipinski definition) is 6. The molecule has 0 aliphatic rings. The van der Waals surface area contributed by atoms with Gasteiger partial charge in [-0.3, -0.25) is 14.4 Å². The molecule has 6 nitrogen and oxygen atoms in total. The van der Waals surface area contributed by atoms with Gasteiger partial charge in [-0.15, -0.1) is 0 Å². The van der Waals surface area contributed by atoms with Gasteiger partial charge >= 0.3 is 17.9 Å². The first-order valence-electron chi connectivity index (χ1n) is 24.2. The van der Waals surface area contributed by atoms with Gasteiger partial charge in [0.05, 0.1) is 0 Å². The van der Waals surface area contributed by atoms with Gasteiger partial charge in [-0.25, -0.2) is 0 Å². The number of esters is 3. The maximum Gasteiger partial charge on any atom is 0.306 e. The lowest BCUT2D eigenvalue weighted by atomic mass is 9.99. The fourth-order valence-corrected chi connectivity index (χ4v) is 7.17. The number of carbonyl (C=O) groups excluding carboxylic acids is 3. The average Bonchev–Trinajstić information content (AvgIpc) is 3.17. The zero-order valence-corrected chi connectivity index (χ0v) is 37.7. The van der Waals surface area contributed by atoms with Gasteiger partial charge in [0.15, 0.2) is 6.10 Å². The molecule has 3 atom stereocenters. The van der Waals surface area contributed by atoms with Crippen LogP contribution in [0.1, 0.15) is 260 Å². The predicted molar refractivity (Wildman–Crippen MR) is 233 cm³/mol. The molecular weight excluding hydrogens is 685 g/mol. The Labute approximate surface area is 342 Å². The molecule has 0 heterocycles. The van der Waals surface area contributed by atoms with E-state index in [0.29, 0.717) is 19.3 Å². The van der Waals surface area contributed by atoms with Crippen molar-refractivity contribution in [3.05, 3.63) is 0 Å². The molecule has 0 aliphatic carbocycles. The highest BCUT2D eigenvalue weighted by atomic mass is 16.6.